The summed E-state index contributed by atoms with van der Waals surface area (Å²) in [6.07, 6.45) is 3.21. The molecule has 6 nitrogen and oxygen atoms in total. The third kappa shape index (κ3) is 3.41. The molecule has 2 aromatic heterocycles. The first kappa shape index (κ1) is 15.1. The summed E-state index contributed by atoms with van der Waals surface area (Å²) in [5, 5.41) is 2.78. The van der Waals surface area contributed by atoms with Gasteiger partial charge in [0, 0.05) is 19.8 Å². The lowest BCUT2D eigenvalue weighted by molar-refractivity contribution is 0.0937. The Labute approximate surface area is 123 Å². The second-order valence-electron chi connectivity index (χ2n) is 5.04. The maximum absolute atomic E-state index is 12.1. The lowest BCUT2D eigenvalue weighted by Crippen LogP contribution is -2.37. The van der Waals surface area contributed by atoms with E-state index in [-0.39, 0.29) is 23.1 Å². The molecule has 1 N–H and O–H groups in total. The Morgan fingerprint density at radius 1 is 1.38 bits per heavy atom. The van der Waals surface area contributed by atoms with E-state index in [4.69, 9.17) is 4.42 Å². The first-order valence-electron chi connectivity index (χ1n) is 6.64. The van der Waals surface area contributed by atoms with Gasteiger partial charge in [0.15, 0.2) is 0 Å². The fraction of sp³-hybridized carbons (Fsp3) is 0.333. The van der Waals surface area contributed by atoms with Gasteiger partial charge < -0.3 is 14.3 Å². The molecule has 0 spiro atoms. The predicted molar refractivity (Wildman–Crippen MR) is 79.2 cm³/mol. The van der Waals surface area contributed by atoms with Gasteiger partial charge in [0.05, 0.1) is 12.3 Å². The Balaban J connectivity index is 2.09. The Kier molecular flexibility index (Phi) is 4.59. The molecule has 0 saturated heterocycles. The fourth-order valence-corrected chi connectivity index (χ4v) is 2.07. The number of nitrogens with zero attached hydrogens (tertiary/aromatic N) is 2. The molecule has 6 heteroatoms. The molecule has 112 valence electrons. The predicted octanol–water partition coefficient (Wildman–Crippen LogP) is 1.01. The number of carbonyl (C=O) groups is 1. The largest absolute Gasteiger partial charge is 0.468 e. The van der Waals surface area contributed by atoms with Crippen LogP contribution in [-0.2, 0) is 7.05 Å². The molecule has 0 fully saturated rings. The van der Waals surface area contributed by atoms with Gasteiger partial charge in [-0.3, -0.25) is 14.5 Å². The van der Waals surface area contributed by atoms with Crippen LogP contribution >= 0.6 is 0 Å². The molecule has 2 heterocycles. The highest BCUT2D eigenvalue weighted by atomic mass is 16.3. The monoisotopic (exact) mass is 289 g/mol. The fourth-order valence-electron chi connectivity index (χ4n) is 2.07. The SMILES string of the molecule is CN(C)C(CNC(=O)c1cccn(C)c1=O)c1ccco1. The highest BCUT2D eigenvalue weighted by Crippen LogP contribution is 2.17. The summed E-state index contributed by atoms with van der Waals surface area (Å²) in [5.74, 6) is 0.385. The first-order chi connectivity index (χ1) is 10.0. The van der Waals surface area contributed by atoms with Crippen molar-refractivity contribution in [1.29, 1.82) is 0 Å². The smallest absolute Gasteiger partial charge is 0.263 e. The standard InChI is InChI=1S/C15H19N3O3/c1-17(2)12(13-7-5-9-21-13)10-16-14(19)11-6-4-8-18(3)15(11)20/h4-9,12H,10H2,1-3H3,(H,16,19). The number of hydrogen-bond acceptors (Lipinski definition) is 4. The van der Waals surface area contributed by atoms with Crippen molar-refractivity contribution in [3.63, 3.8) is 0 Å². The van der Waals surface area contributed by atoms with E-state index in [1.165, 1.54) is 10.6 Å². The molecule has 0 radical (unpaired) electrons. The van der Waals surface area contributed by atoms with E-state index < -0.39 is 0 Å². The van der Waals surface area contributed by atoms with E-state index in [1.807, 2.05) is 25.1 Å². The van der Waals surface area contributed by atoms with E-state index in [0.717, 1.165) is 5.76 Å². The summed E-state index contributed by atoms with van der Waals surface area (Å²) in [6.45, 7) is 0.359. The molecule has 1 atom stereocenters. The summed E-state index contributed by atoms with van der Waals surface area (Å²) >= 11 is 0. The maximum Gasteiger partial charge on any atom is 0.263 e. The molecule has 0 saturated carbocycles. The van der Waals surface area contributed by atoms with Gasteiger partial charge in [0.1, 0.15) is 11.3 Å². The van der Waals surface area contributed by atoms with Crippen molar-refractivity contribution in [2.24, 2.45) is 7.05 Å². The molecule has 2 aromatic rings. The van der Waals surface area contributed by atoms with Crippen molar-refractivity contribution in [2.75, 3.05) is 20.6 Å². The van der Waals surface area contributed by atoms with Gasteiger partial charge in [-0.2, -0.15) is 0 Å². The van der Waals surface area contributed by atoms with Gasteiger partial charge in [-0.25, -0.2) is 0 Å². The van der Waals surface area contributed by atoms with E-state index in [1.54, 1.807) is 31.6 Å². The summed E-state index contributed by atoms with van der Waals surface area (Å²) in [5.41, 5.74) is -0.175. The lowest BCUT2D eigenvalue weighted by atomic mass is 10.2. The molecule has 1 unspecified atom stereocenters. The van der Waals surface area contributed by atoms with Crippen molar-refractivity contribution in [3.8, 4) is 0 Å². The second kappa shape index (κ2) is 6.41. The number of hydrogen-bond donors (Lipinski definition) is 1. The average Bonchev–Trinajstić information content (AvgIpc) is 2.95. The van der Waals surface area contributed by atoms with Gasteiger partial charge in [-0.15, -0.1) is 0 Å². The Bertz CT molecular complexity index is 659. The molecule has 0 aliphatic heterocycles. The van der Waals surface area contributed by atoms with Crippen LogP contribution in [0.3, 0.4) is 0 Å². The number of furan rings is 1. The van der Waals surface area contributed by atoms with Gasteiger partial charge in [-0.05, 0) is 38.4 Å². The van der Waals surface area contributed by atoms with E-state index in [2.05, 4.69) is 5.32 Å². The highest BCUT2D eigenvalue weighted by Gasteiger charge is 2.19. The molecule has 0 bridgehead atoms. The lowest BCUT2D eigenvalue weighted by Gasteiger charge is -2.22. The number of nitrogens with one attached hydrogen (secondary N) is 1. The molecular weight excluding hydrogens is 270 g/mol. The summed E-state index contributed by atoms with van der Waals surface area (Å²) < 4.78 is 6.76. The van der Waals surface area contributed by atoms with E-state index >= 15 is 0 Å². The second-order valence-corrected chi connectivity index (χ2v) is 5.04. The van der Waals surface area contributed by atoms with Crippen LogP contribution in [0, 0.1) is 0 Å². The minimum atomic E-state index is -0.380. The highest BCUT2D eigenvalue weighted by molar-refractivity contribution is 5.93. The first-order valence-corrected chi connectivity index (χ1v) is 6.64. The van der Waals surface area contributed by atoms with Crippen LogP contribution in [0.1, 0.15) is 22.2 Å². The zero-order chi connectivity index (χ0) is 15.4. The zero-order valence-corrected chi connectivity index (χ0v) is 12.4. The molecule has 2 rings (SSSR count). The Hall–Kier alpha value is -2.34. The molecule has 0 aliphatic rings. The van der Waals surface area contributed by atoms with Crippen LogP contribution in [0.4, 0.5) is 0 Å². The minimum absolute atomic E-state index is 0.0866. The van der Waals surface area contributed by atoms with Crippen LogP contribution in [0.5, 0.6) is 0 Å². The van der Waals surface area contributed by atoms with Crippen LogP contribution in [0.15, 0.2) is 45.9 Å². The van der Waals surface area contributed by atoms with Crippen molar-refractivity contribution in [2.45, 2.75) is 6.04 Å². The number of amides is 1. The third-order valence-corrected chi connectivity index (χ3v) is 3.32. The van der Waals surface area contributed by atoms with Gasteiger partial charge >= 0.3 is 0 Å². The van der Waals surface area contributed by atoms with Crippen molar-refractivity contribution >= 4 is 5.91 Å². The minimum Gasteiger partial charge on any atom is -0.468 e. The summed E-state index contributed by atoms with van der Waals surface area (Å²) in [4.78, 5) is 26.0. The van der Waals surface area contributed by atoms with Crippen LogP contribution in [0.25, 0.3) is 0 Å². The number of aryl methyl sites for hydroxylation is 1. The summed E-state index contributed by atoms with van der Waals surface area (Å²) in [7, 11) is 5.42. The van der Waals surface area contributed by atoms with Gasteiger partial charge in [0.2, 0.25) is 0 Å². The van der Waals surface area contributed by atoms with Crippen molar-refractivity contribution in [3.05, 3.63) is 58.4 Å². The van der Waals surface area contributed by atoms with E-state index in [9.17, 15) is 9.59 Å². The third-order valence-electron chi connectivity index (χ3n) is 3.32. The molecular formula is C15H19N3O3. The molecule has 1 amide bonds. The maximum atomic E-state index is 12.1. The molecule has 21 heavy (non-hydrogen) atoms. The van der Waals surface area contributed by atoms with Crippen LogP contribution in [-0.4, -0.2) is 36.0 Å². The quantitative estimate of drug-likeness (QED) is 0.892. The van der Waals surface area contributed by atoms with Crippen molar-refractivity contribution in [1.82, 2.24) is 14.8 Å². The van der Waals surface area contributed by atoms with Gasteiger partial charge in [-0.1, -0.05) is 0 Å². The summed E-state index contributed by atoms with van der Waals surface area (Å²) in [6, 6.07) is 6.78. The van der Waals surface area contributed by atoms with Crippen LogP contribution in [0.2, 0.25) is 0 Å². The number of carbonyl (C=O) groups excluding carboxylic acids is 1. The number of aromatic nitrogens is 1. The number of rotatable bonds is 5. The van der Waals surface area contributed by atoms with E-state index in [0.29, 0.717) is 6.54 Å². The normalized spacial score (nSPS) is 12.4. The Morgan fingerprint density at radius 2 is 2.14 bits per heavy atom. The number of pyridine rings is 1. The Morgan fingerprint density at radius 3 is 2.76 bits per heavy atom. The number of likely N-dealkylation sites (N-methyl/N-ethyl adjacent to an activating group) is 1. The van der Waals surface area contributed by atoms with Gasteiger partial charge in [0.25, 0.3) is 11.5 Å². The zero-order valence-electron chi connectivity index (χ0n) is 12.4. The van der Waals surface area contributed by atoms with Crippen LogP contribution < -0.4 is 10.9 Å². The topological polar surface area (TPSA) is 67.5 Å². The average molecular weight is 289 g/mol. The molecule has 0 aromatic carbocycles. The molecule has 0 aliphatic carbocycles. The van der Waals surface area contributed by atoms with Crippen molar-refractivity contribution < 1.29 is 9.21 Å².